The molecule has 1 unspecified atom stereocenters. The summed E-state index contributed by atoms with van der Waals surface area (Å²) in [6, 6.07) is 4.34. The first kappa shape index (κ1) is 13.2. The van der Waals surface area contributed by atoms with E-state index < -0.39 is 17.3 Å². The lowest BCUT2D eigenvalue weighted by Crippen LogP contribution is -2.46. The maximum Gasteiger partial charge on any atom is 0.328 e. The fourth-order valence-electron chi connectivity index (χ4n) is 1.43. The number of hydrogen-bond acceptors (Lipinski definition) is 2. The molecule has 0 amide bonds. The van der Waals surface area contributed by atoms with Crippen LogP contribution in [0.1, 0.15) is 18.1 Å². The third-order valence-electron chi connectivity index (χ3n) is 2.72. The summed E-state index contributed by atoms with van der Waals surface area (Å²) in [7, 11) is 0. The average Bonchev–Trinajstić information content (AvgIpc) is 2.29. The second-order valence-corrected chi connectivity index (χ2v) is 3.95. The standard InChI is InChI=1S/C13H14FNO2/c1-4-7-15-13(3,12(16)17)10-6-5-9(2)11(14)8-10/h1,5-6,8,15H,7H2,2-3H3,(H,16,17). The number of rotatable bonds is 4. The number of hydrogen-bond donors (Lipinski definition) is 2. The van der Waals surface area contributed by atoms with Crippen molar-refractivity contribution in [3.8, 4) is 12.3 Å². The number of benzene rings is 1. The Hall–Kier alpha value is -1.86. The van der Waals surface area contributed by atoms with Crippen LogP contribution >= 0.6 is 0 Å². The summed E-state index contributed by atoms with van der Waals surface area (Å²) in [4.78, 5) is 11.3. The Morgan fingerprint density at radius 1 is 1.65 bits per heavy atom. The van der Waals surface area contributed by atoms with Crippen LogP contribution in [0.5, 0.6) is 0 Å². The van der Waals surface area contributed by atoms with Crippen LogP contribution in [0.25, 0.3) is 0 Å². The number of aryl methyl sites for hydroxylation is 1. The first-order chi connectivity index (χ1) is 7.91. The Kier molecular flexibility index (Phi) is 3.87. The molecule has 0 bridgehead atoms. The summed E-state index contributed by atoms with van der Waals surface area (Å²) in [5.74, 6) is 0.772. The molecule has 0 aliphatic heterocycles. The lowest BCUT2D eigenvalue weighted by molar-refractivity contribution is -0.144. The van der Waals surface area contributed by atoms with Gasteiger partial charge in [-0.15, -0.1) is 6.42 Å². The zero-order valence-corrected chi connectivity index (χ0v) is 9.75. The maximum absolute atomic E-state index is 13.4. The van der Waals surface area contributed by atoms with Gasteiger partial charge in [-0.3, -0.25) is 5.32 Å². The molecule has 0 aliphatic rings. The normalized spacial score (nSPS) is 13.8. The van der Waals surface area contributed by atoms with E-state index in [1.807, 2.05) is 0 Å². The minimum atomic E-state index is -1.39. The van der Waals surface area contributed by atoms with E-state index in [9.17, 15) is 14.3 Å². The highest BCUT2D eigenvalue weighted by Gasteiger charge is 2.34. The SMILES string of the molecule is C#CCNC(C)(C(=O)O)c1ccc(C)c(F)c1. The van der Waals surface area contributed by atoms with Crippen molar-refractivity contribution in [2.75, 3.05) is 6.54 Å². The monoisotopic (exact) mass is 235 g/mol. The van der Waals surface area contributed by atoms with Gasteiger partial charge in [0, 0.05) is 0 Å². The molecule has 4 heteroatoms. The molecular weight excluding hydrogens is 221 g/mol. The van der Waals surface area contributed by atoms with Gasteiger partial charge in [-0.05, 0) is 31.0 Å². The highest BCUT2D eigenvalue weighted by molar-refractivity contribution is 5.80. The van der Waals surface area contributed by atoms with E-state index >= 15 is 0 Å². The molecule has 1 aromatic rings. The van der Waals surface area contributed by atoms with Crippen LogP contribution in [0.2, 0.25) is 0 Å². The van der Waals surface area contributed by atoms with E-state index in [2.05, 4.69) is 11.2 Å². The quantitative estimate of drug-likeness (QED) is 0.780. The molecule has 0 aromatic heterocycles. The number of nitrogens with one attached hydrogen (secondary N) is 1. The fourth-order valence-corrected chi connectivity index (χ4v) is 1.43. The lowest BCUT2D eigenvalue weighted by atomic mass is 9.91. The number of terminal acetylenes is 1. The van der Waals surface area contributed by atoms with E-state index in [0.717, 1.165) is 0 Å². The summed E-state index contributed by atoms with van der Waals surface area (Å²) in [5, 5.41) is 11.9. The number of carboxylic acid groups (broad SMARTS) is 1. The summed E-state index contributed by atoms with van der Waals surface area (Å²) >= 11 is 0. The predicted octanol–water partition coefficient (Wildman–Crippen LogP) is 1.66. The van der Waals surface area contributed by atoms with Gasteiger partial charge in [0.15, 0.2) is 0 Å². The number of halogens is 1. The van der Waals surface area contributed by atoms with Crippen LogP contribution in [-0.4, -0.2) is 17.6 Å². The van der Waals surface area contributed by atoms with Crippen LogP contribution in [-0.2, 0) is 10.3 Å². The second kappa shape index (κ2) is 4.98. The van der Waals surface area contributed by atoms with Crippen LogP contribution < -0.4 is 5.32 Å². The number of aliphatic carboxylic acids is 1. The van der Waals surface area contributed by atoms with Gasteiger partial charge in [-0.1, -0.05) is 18.1 Å². The van der Waals surface area contributed by atoms with Crippen molar-refractivity contribution < 1.29 is 14.3 Å². The van der Waals surface area contributed by atoms with E-state index in [-0.39, 0.29) is 6.54 Å². The number of carbonyl (C=O) groups is 1. The van der Waals surface area contributed by atoms with E-state index in [1.165, 1.54) is 13.0 Å². The molecule has 0 fully saturated rings. The molecular formula is C13H14FNO2. The minimum Gasteiger partial charge on any atom is -0.480 e. The molecule has 0 heterocycles. The van der Waals surface area contributed by atoms with Gasteiger partial charge in [0.2, 0.25) is 0 Å². The molecule has 1 rings (SSSR count). The van der Waals surface area contributed by atoms with Crippen molar-refractivity contribution in [2.45, 2.75) is 19.4 Å². The largest absolute Gasteiger partial charge is 0.480 e. The average molecular weight is 235 g/mol. The molecule has 1 aromatic carbocycles. The van der Waals surface area contributed by atoms with Crippen LogP contribution in [0, 0.1) is 25.1 Å². The third-order valence-corrected chi connectivity index (χ3v) is 2.72. The van der Waals surface area contributed by atoms with Crippen molar-refractivity contribution in [3.05, 3.63) is 35.1 Å². The number of carboxylic acids is 1. The Labute approximate surface area is 99.7 Å². The van der Waals surface area contributed by atoms with Gasteiger partial charge < -0.3 is 5.11 Å². The molecule has 17 heavy (non-hydrogen) atoms. The highest BCUT2D eigenvalue weighted by Crippen LogP contribution is 2.23. The summed E-state index contributed by atoms with van der Waals surface area (Å²) in [5.41, 5.74) is -0.581. The molecule has 3 nitrogen and oxygen atoms in total. The van der Waals surface area contributed by atoms with Gasteiger partial charge in [-0.25, -0.2) is 9.18 Å². The first-order valence-electron chi connectivity index (χ1n) is 5.10. The molecule has 0 saturated heterocycles. The summed E-state index contributed by atoms with van der Waals surface area (Å²) in [6.45, 7) is 3.17. The summed E-state index contributed by atoms with van der Waals surface area (Å²) < 4.78 is 13.4. The van der Waals surface area contributed by atoms with Gasteiger partial charge in [0.05, 0.1) is 6.54 Å². The Bertz CT molecular complexity index is 479. The van der Waals surface area contributed by atoms with Crippen molar-refractivity contribution in [1.29, 1.82) is 0 Å². The second-order valence-electron chi connectivity index (χ2n) is 3.95. The third kappa shape index (κ3) is 2.63. The molecule has 0 radical (unpaired) electrons. The van der Waals surface area contributed by atoms with Crippen molar-refractivity contribution in [2.24, 2.45) is 0 Å². The minimum absolute atomic E-state index is 0.0955. The van der Waals surface area contributed by atoms with Crippen LogP contribution in [0.15, 0.2) is 18.2 Å². The van der Waals surface area contributed by atoms with Gasteiger partial charge in [0.25, 0.3) is 0 Å². The molecule has 90 valence electrons. The zero-order valence-electron chi connectivity index (χ0n) is 9.75. The smallest absolute Gasteiger partial charge is 0.328 e. The van der Waals surface area contributed by atoms with Crippen LogP contribution in [0.4, 0.5) is 4.39 Å². The Morgan fingerprint density at radius 2 is 2.29 bits per heavy atom. The molecule has 0 spiro atoms. The maximum atomic E-state index is 13.4. The fraction of sp³-hybridized carbons (Fsp3) is 0.308. The van der Waals surface area contributed by atoms with Gasteiger partial charge >= 0.3 is 5.97 Å². The van der Waals surface area contributed by atoms with Gasteiger partial charge in [-0.2, -0.15) is 0 Å². The van der Waals surface area contributed by atoms with Crippen LogP contribution in [0.3, 0.4) is 0 Å². The Morgan fingerprint density at radius 3 is 2.76 bits per heavy atom. The summed E-state index contributed by atoms with van der Waals surface area (Å²) in [6.07, 6.45) is 5.09. The molecule has 2 N–H and O–H groups in total. The van der Waals surface area contributed by atoms with Crippen molar-refractivity contribution in [3.63, 3.8) is 0 Å². The van der Waals surface area contributed by atoms with E-state index in [4.69, 9.17) is 6.42 Å². The zero-order chi connectivity index (χ0) is 13.1. The molecule has 0 aliphatic carbocycles. The Balaban J connectivity index is 3.18. The topological polar surface area (TPSA) is 49.3 Å². The molecule has 1 atom stereocenters. The molecule has 0 saturated carbocycles. The first-order valence-corrected chi connectivity index (χ1v) is 5.10. The highest BCUT2D eigenvalue weighted by atomic mass is 19.1. The van der Waals surface area contributed by atoms with Crippen molar-refractivity contribution >= 4 is 5.97 Å². The van der Waals surface area contributed by atoms with Gasteiger partial charge in [0.1, 0.15) is 11.4 Å². The van der Waals surface area contributed by atoms with E-state index in [0.29, 0.717) is 11.1 Å². The van der Waals surface area contributed by atoms with Crippen molar-refractivity contribution in [1.82, 2.24) is 5.32 Å². The van der Waals surface area contributed by atoms with E-state index in [1.54, 1.807) is 19.1 Å². The lowest BCUT2D eigenvalue weighted by Gasteiger charge is -2.26. The predicted molar refractivity (Wildman–Crippen MR) is 63.0 cm³/mol.